The van der Waals surface area contributed by atoms with Gasteiger partial charge in [-0.2, -0.15) is 0 Å². The Labute approximate surface area is 127 Å². The highest BCUT2D eigenvalue weighted by molar-refractivity contribution is 5.82. The third-order valence-electron chi connectivity index (χ3n) is 3.86. The van der Waals surface area contributed by atoms with E-state index in [1.807, 2.05) is 25.9 Å². The quantitative estimate of drug-likeness (QED) is 0.811. The minimum atomic E-state index is -0.880. The summed E-state index contributed by atoms with van der Waals surface area (Å²) in [5.74, 6) is -0.880. The number of aliphatic carboxylic acids is 1. The van der Waals surface area contributed by atoms with Crippen LogP contribution in [0.5, 0.6) is 0 Å². The van der Waals surface area contributed by atoms with Gasteiger partial charge in [0.05, 0.1) is 0 Å². The number of carboxylic acids is 1. The van der Waals surface area contributed by atoms with Crippen LogP contribution in [0.25, 0.3) is 0 Å². The van der Waals surface area contributed by atoms with Gasteiger partial charge in [-0.1, -0.05) is 19.8 Å². The molecular formula is C15H29N3O3. The molecule has 1 heterocycles. The van der Waals surface area contributed by atoms with E-state index in [2.05, 4.69) is 0 Å². The van der Waals surface area contributed by atoms with Crippen molar-refractivity contribution >= 4 is 12.0 Å². The molecule has 6 heteroatoms. The number of likely N-dealkylation sites (tertiary alicyclic amines) is 1. The first kappa shape index (κ1) is 17.8. The summed E-state index contributed by atoms with van der Waals surface area (Å²) in [6.45, 7) is 4.69. The Hall–Kier alpha value is -1.30. The number of nitrogens with zero attached hydrogens (tertiary/aromatic N) is 3. The molecule has 6 nitrogen and oxygen atoms in total. The second-order valence-electron chi connectivity index (χ2n) is 5.97. The first-order valence-corrected chi connectivity index (χ1v) is 7.90. The summed E-state index contributed by atoms with van der Waals surface area (Å²) in [6, 6.07) is -0.785. The molecule has 2 amide bonds. The Balaban J connectivity index is 2.79. The van der Waals surface area contributed by atoms with Crippen molar-refractivity contribution in [2.75, 3.05) is 40.3 Å². The number of amides is 2. The molecule has 1 unspecified atom stereocenters. The van der Waals surface area contributed by atoms with Gasteiger partial charge in [-0.05, 0) is 33.4 Å². The molecule has 1 atom stereocenters. The molecule has 0 saturated carbocycles. The van der Waals surface area contributed by atoms with Gasteiger partial charge in [-0.3, -0.25) is 0 Å². The molecule has 0 bridgehead atoms. The lowest BCUT2D eigenvalue weighted by atomic mass is 10.1. The van der Waals surface area contributed by atoms with Crippen LogP contribution in [0.2, 0.25) is 0 Å². The smallest absolute Gasteiger partial charge is 0.326 e. The van der Waals surface area contributed by atoms with Gasteiger partial charge in [0.2, 0.25) is 0 Å². The van der Waals surface area contributed by atoms with E-state index in [0.717, 1.165) is 32.2 Å². The third-order valence-corrected chi connectivity index (χ3v) is 3.86. The summed E-state index contributed by atoms with van der Waals surface area (Å²) in [5, 5.41) is 9.39. The predicted octanol–water partition coefficient (Wildman–Crippen LogP) is 1.71. The van der Waals surface area contributed by atoms with Gasteiger partial charge >= 0.3 is 12.0 Å². The molecule has 1 aliphatic heterocycles. The van der Waals surface area contributed by atoms with E-state index in [4.69, 9.17) is 0 Å². The van der Waals surface area contributed by atoms with Crippen LogP contribution >= 0.6 is 0 Å². The van der Waals surface area contributed by atoms with Gasteiger partial charge in [0.25, 0.3) is 0 Å². The van der Waals surface area contributed by atoms with Crippen molar-refractivity contribution in [1.82, 2.24) is 14.7 Å². The van der Waals surface area contributed by atoms with Crippen LogP contribution in [-0.2, 0) is 4.79 Å². The zero-order chi connectivity index (χ0) is 15.8. The molecule has 1 N–H and O–H groups in total. The van der Waals surface area contributed by atoms with Gasteiger partial charge in [-0.15, -0.1) is 0 Å². The fourth-order valence-corrected chi connectivity index (χ4v) is 2.67. The molecule has 0 radical (unpaired) electrons. The predicted molar refractivity (Wildman–Crippen MR) is 82.4 cm³/mol. The molecular weight excluding hydrogens is 270 g/mol. The Kier molecular flexibility index (Phi) is 7.50. The minimum absolute atomic E-state index is 0.118. The van der Waals surface area contributed by atoms with E-state index in [1.165, 1.54) is 0 Å². The number of carbonyl (C=O) groups is 2. The van der Waals surface area contributed by atoms with Gasteiger partial charge in [0.1, 0.15) is 6.04 Å². The van der Waals surface area contributed by atoms with Crippen LogP contribution in [-0.4, -0.2) is 78.1 Å². The highest BCUT2D eigenvalue weighted by Gasteiger charge is 2.32. The molecule has 0 aromatic rings. The molecule has 1 fully saturated rings. The Morgan fingerprint density at radius 1 is 1.14 bits per heavy atom. The van der Waals surface area contributed by atoms with E-state index < -0.39 is 12.0 Å². The molecule has 1 aliphatic rings. The normalized spacial score (nSPS) is 19.4. The highest BCUT2D eigenvalue weighted by atomic mass is 16.4. The number of likely N-dealkylation sites (N-methyl/N-ethyl adjacent to an activating group) is 1. The monoisotopic (exact) mass is 299 g/mol. The maximum absolute atomic E-state index is 12.7. The molecule has 0 aliphatic carbocycles. The van der Waals surface area contributed by atoms with Crippen molar-refractivity contribution in [2.24, 2.45) is 0 Å². The molecule has 122 valence electrons. The van der Waals surface area contributed by atoms with Crippen molar-refractivity contribution in [2.45, 2.75) is 45.1 Å². The van der Waals surface area contributed by atoms with Crippen LogP contribution in [0.1, 0.15) is 39.0 Å². The zero-order valence-electron chi connectivity index (χ0n) is 13.5. The van der Waals surface area contributed by atoms with Crippen molar-refractivity contribution in [1.29, 1.82) is 0 Å². The van der Waals surface area contributed by atoms with Crippen molar-refractivity contribution in [3.8, 4) is 0 Å². The van der Waals surface area contributed by atoms with Gasteiger partial charge in [0, 0.05) is 26.2 Å². The van der Waals surface area contributed by atoms with E-state index >= 15 is 0 Å². The lowest BCUT2D eigenvalue weighted by molar-refractivity contribution is -0.142. The minimum Gasteiger partial charge on any atom is -0.480 e. The number of urea groups is 1. The summed E-state index contributed by atoms with van der Waals surface area (Å²) in [5.41, 5.74) is 0. The van der Waals surface area contributed by atoms with Crippen LogP contribution in [0, 0.1) is 0 Å². The van der Waals surface area contributed by atoms with Crippen LogP contribution in [0.3, 0.4) is 0 Å². The molecule has 0 aromatic heterocycles. The lowest BCUT2D eigenvalue weighted by Gasteiger charge is -2.33. The van der Waals surface area contributed by atoms with Crippen molar-refractivity contribution in [3.63, 3.8) is 0 Å². The van der Waals surface area contributed by atoms with Crippen molar-refractivity contribution < 1.29 is 14.7 Å². The standard InChI is InChI=1S/C15H29N3O3/c1-4-9-17(12-11-16(2)3)15(21)18-10-7-5-6-8-13(18)14(19)20/h13H,4-12H2,1-3H3,(H,19,20). The molecule has 0 aromatic carbocycles. The fraction of sp³-hybridized carbons (Fsp3) is 0.867. The summed E-state index contributed by atoms with van der Waals surface area (Å²) < 4.78 is 0. The van der Waals surface area contributed by atoms with Gasteiger partial charge in [-0.25, -0.2) is 9.59 Å². The molecule has 21 heavy (non-hydrogen) atoms. The van der Waals surface area contributed by atoms with E-state index in [1.54, 1.807) is 9.80 Å². The second-order valence-corrected chi connectivity index (χ2v) is 5.97. The Morgan fingerprint density at radius 3 is 2.43 bits per heavy atom. The first-order valence-electron chi connectivity index (χ1n) is 7.90. The van der Waals surface area contributed by atoms with Gasteiger partial charge in [0.15, 0.2) is 0 Å². The summed E-state index contributed by atoms with van der Waals surface area (Å²) >= 11 is 0. The number of carbonyl (C=O) groups excluding carboxylic acids is 1. The summed E-state index contributed by atoms with van der Waals surface area (Å²) in [6.07, 6.45) is 4.22. The lowest BCUT2D eigenvalue weighted by Crippen LogP contribution is -2.52. The number of carboxylic acid groups (broad SMARTS) is 1. The number of hydrogen-bond donors (Lipinski definition) is 1. The van der Waals surface area contributed by atoms with Crippen LogP contribution in [0.4, 0.5) is 4.79 Å². The second kappa shape index (κ2) is 8.87. The largest absolute Gasteiger partial charge is 0.480 e. The summed E-state index contributed by atoms with van der Waals surface area (Å²) in [4.78, 5) is 29.6. The SMILES string of the molecule is CCCN(CCN(C)C)C(=O)N1CCCCCC1C(=O)O. The maximum Gasteiger partial charge on any atom is 0.326 e. The van der Waals surface area contributed by atoms with Crippen LogP contribution < -0.4 is 0 Å². The first-order chi connectivity index (χ1) is 9.97. The average Bonchev–Trinajstić information content (AvgIpc) is 2.68. The van der Waals surface area contributed by atoms with E-state index in [0.29, 0.717) is 26.1 Å². The van der Waals surface area contributed by atoms with Gasteiger partial charge < -0.3 is 19.8 Å². The zero-order valence-corrected chi connectivity index (χ0v) is 13.5. The number of rotatable bonds is 6. The van der Waals surface area contributed by atoms with E-state index in [-0.39, 0.29) is 6.03 Å². The number of hydrogen-bond acceptors (Lipinski definition) is 3. The van der Waals surface area contributed by atoms with Crippen LogP contribution in [0.15, 0.2) is 0 Å². The topological polar surface area (TPSA) is 64.1 Å². The Bertz CT molecular complexity index is 347. The van der Waals surface area contributed by atoms with Crippen molar-refractivity contribution in [3.05, 3.63) is 0 Å². The summed E-state index contributed by atoms with van der Waals surface area (Å²) in [7, 11) is 3.95. The highest BCUT2D eigenvalue weighted by Crippen LogP contribution is 2.19. The third kappa shape index (κ3) is 5.53. The maximum atomic E-state index is 12.7. The molecule has 0 spiro atoms. The molecule has 1 rings (SSSR count). The van der Waals surface area contributed by atoms with E-state index in [9.17, 15) is 14.7 Å². The average molecular weight is 299 g/mol. The molecule has 1 saturated heterocycles. The Morgan fingerprint density at radius 2 is 1.86 bits per heavy atom. The fourth-order valence-electron chi connectivity index (χ4n) is 2.67.